The summed E-state index contributed by atoms with van der Waals surface area (Å²) in [5.41, 5.74) is 9.77. The molecule has 0 saturated carbocycles. The van der Waals surface area contributed by atoms with Gasteiger partial charge in [-0.2, -0.15) is 0 Å². The summed E-state index contributed by atoms with van der Waals surface area (Å²) in [6.07, 6.45) is 9.43. The van der Waals surface area contributed by atoms with Gasteiger partial charge in [0.1, 0.15) is 5.71 Å². The SMILES string of the molecule is N=C(C=O)c1cc(-c2cncc(CN3CCCCCC3)c2)ccc1N. The van der Waals surface area contributed by atoms with E-state index >= 15 is 0 Å². The van der Waals surface area contributed by atoms with Crippen LogP contribution in [0.25, 0.3) is 11.1 Å². The average molecular weight is 336 g/mol. The molecule has 1 aliphatic rings. The number of hydrogen-bond acceptors (Lipinski definition) is 5. The lowest BCUT2D eigenvalue weighted by Gasteiger charge is -2.19. The highest BCUT2D eigenvalue weighted by Gasteiger charge is 2.11. The van der Waals surface area contributed by atoms with E-state index < -0.39 is 0 Å². The van der Waals surface area contributed by atoms with Crippen molar-refractivity contribution in [1.82, 2.24) is 9.88 Å². The van der Waals surface area contributed by atoms with Crippen molar-refractivity contribution in [2.45, 2.75) is 32.2 Å². The number of carbonyl (C=O) groups is 1. The summed E-state index contributed by atoms with van der Waals surface area (Å²) in [6.45, 7) is 3.20. The molecule has 2 heterocycles. The smallest absolute Gasteiger partial charge is 0.168 e. The first-order chi connectivity index (χ1) is 12.2. The van der Waals surface area contributed by atoms with Gasteiger partial charge in [0.25, 0.3) is 0 Å². The molecule has 1 aromatic heterocycles. The molecular weight excluding hydrogens is 312 g/mol. The van der Waals surface area contributed by atoms with Crippen LogP contribution in [0.4, 0.5) is 5.69 Å². The maximum atomic E-state index is 10.9. The maximum absolute atomic E-state index is 10.9. The molecule has 5 heteroatoms. The highest BCUT2D eigenvalue weighted by Crippen LogP contribution is 2.25. The van der Waals surface area contributed by atoms with Crippen molar-refractivity contribution in [1.29, 1.82) is 5.41 Å². The number of rotatable bonds is 5. The lowest BCUT2D eigenvalue weighted by Crippen LogP contribution is -2.24. The molecule has 0 spiro atoms. The van der Waals surface area contributed by atoms with Crippen molar-refractivity contribution in [3.8, 4) is 11.1 Å². The third-order valence-electron chi connectivity index (χ3n) is 4.69. The van der Waals surface area contributed by atoms with E-state index in [1.165, 1.54) is 31.2 Å². The number of nitrogens with one attached hydrogen (secondary N) is 1. The summed E-state index contributed by atoms with van der Waals surface area (Å²) in [5.74, 6) is 0. The second-order valence-corrected chi connectivity index (χ2v) is 6.61. The Hall–Kier alpha value is -2.53. The van der Waals surface area contributed by atoms with E-state index in [1.54, 1.807) is 12.1 Å². The molecule has 1 saturated heterocycles. The quantitative estimate of drug-likeness (QED) is 0.499. The first-order valence-corrected chi connectivity index (χ1v) is 8.77. The summed E-state index contributed by atoms with van der Waals surface area (Å²) in [7, 11) is 0. The predicted octanol–water partition coefficient (Wildman–Crippen LogP) is 3.27. The van der Waals surface area contributed by atoms with Crippen LogP contribution >= 0.6 is 0 Å². The predicted molar refractivity (Wildman–Crippen MR) is 101 cm³/mol. The topological polar surface area (TPSA) is 83.1 Å². The Bertz CT molecular complexity index is 764. The molecule has 1 fully saturated rings. The van der Waals surface area contributed by atoms with Crippen molar-refractivity contribution >= 4 is 17.7 Å². The molecule has 1 aliphatic heterocycles. The van der Waals surface area contributed by atoms with Gasteiger partial charge in [-0.1, -0.05) is 18.9 Å². The monoisotopic (exact) mass is 336 g/mol. The molecule has 0 atom stereocenters. The minimum absolute atomic E-state index is 0.104. The summed E-state index contributed by atoms with van der Waals surface area (Å²) in [5, 5.41) is 7.74. The van der Waals surface area contributed by atoms with Gasteiger partial charge in [-0.25, -0.2) is 0 Å². The second-order valence-electron chi connectivity index (χ2n) is 6.61. The number of nitrogen functional groups attached to an aromatic ring is 1. The minimum atomic E-state index is -0.104. The average Bonchev–Trinajstić information content (AvgIpc) is 2.90. The summed E-state index contributed by atoms with van der Waals surface area (Å²) < 4.78 is 0. The van der Waals surface area contributed by atoms with Crippen molar-refractivity contribution in [3.63, 3.8) is 0 Å². The van der Waals surface area contributed by atoms with Crippen molar-refractivity contribution in [3.05, 3.63) is 47.8 Å². The molecule has 130 valence electrons. The fourth-order valence-electron chi connectivity index (χ4n) is 3.32. The van der Waals surface area contributed by atoms with Gasteiger partial charge in [-0.3, -0.25) is 20.1 Å². The minimum Gasteiger partial charge on any atom is -0.398 e. The van der Waals surface area contributed by atoms with Crippen molar-refractivity contribution in [2.75, 3.05) is 18.8 Å². The number of likely N-dealkylation sites (tertiary alicyclic amines) is 1. The van der Waals surface area contributed by atoms with Crippen LogP contribution in [-0.2, 0) is 11.3 Å². The Morgan fingerprint density at radius 2 is 1.88 bits per heavy atom. The van der Waals surface area contributed by atoms with E-state index in [9.17, 15) is 4.79 Å². The van der Waals surface area contributed by atoms with E-state index in [4.69, 9.17) is 11.1 Å². The molecule has 1 aromatic carbocycles. The van der Waals surface area contributed by atoms with E-state index in [2.05, 4.69) is 16.0 Å². The third kappa shape index (κ3) is 4.31. The highest BCUT2D eigenvalue weighted by atomic mass is 16.1. The number of nitrogens with zero attached hydrogens (tertiary/aromatic N) is 2. The number of benzene rings is 1. The Labute approximate surface area is 148 Å². The Morgan fingerprint density at radius 3 is 2.60 bits per heavy atom. The van der Waals surface area contributed by atoms with E-state index in [1.807, 2.05) is 18.5 Å². The number of anilines is 1. The zero-order valence-electron chi connectivity index (χ0n) is 14.4. The molecule has 25 heavy (non-hydrogen) atoms. The summed E-state index contributed by atoms with van der Waals surface area (Å²) >= 11 is 0. The molecule has 0 aliphatic carbocycles. The number of pyridine rings is 1. The molecule has 5 nitrogen and oxygen atoms in total. The van der Waals surface area contributed by atoms with Crippen LogP contribution in [0.3, 0.4) is 0 Å². The lowest BCUT2D eigenvalue weighted by atomic mass is 10.00. The third-order valence-corrected chi connectivity index (χ3v) is 4.69. The zero-order valence-corrected chi connectivity index (χ0v) is 14.4. The highest BCUT2D eigenvalue weighted by molar-refractivity contribution is 6.36. The summed E-state index contributed by atoms with van der Waals surface area (Å²) in [6, 6.07) is 7.57. The largest absolute Gasteiger partial charge is 0.398 e. The summed E-state index contributed by atoms with van der Waals surface area (Å²) in [4.78, 5) is 17.8. The number of carbonyl (C=O) groups excluding carboxylic acids is 1. The van der Waals surface area contributed by atoms with Crippen LogP contribution < -0.4 is 5.73 Å². The van der Waals surface area contributed by atoms with Gasteiger partial charge in [0.15, 0.2) is 6.29 Å². The fraction of sp³-hybridized carbons (Fsp3) is 0.350. The van der Waals surface area contributed by atoms with Gasteiger partial charge in [0.2, 0.25) is 0 Å². The van der Waals surface area contributed by atoms with Crippen LogP contribution in [0.15, 0.2) is 36.7 Å². The van der Waals surface area contributed by atoms with Crippen LogP contribution in [0.2, 0.25) is 0 Å². The molecule has 0 amide bonds. The van der Waals surface area contributed by atoms with Gasteiger partial charge in [-0.05, 0) is 55.3 Å². The van der Waals surface area contributed by atoms with Gasteiger partial charge in [0.05, 0.1) is 0 Å². The second kappa shape index (κ2) is 8.03. The van der Waals surface area contributed by atoms with E-state index in [0.717, 1.165) is 30.8 Å². The van der Waals surface area contributed by atoms with Crippen LogP contribution in [0.1, 0.15) is 36.8 Å². The number of nitrogens with two attached hydrogens (primary N) is 1. The normalized spacial score (nSPS) is 15.5. The van der Waals surface area contributed by atoms with Crippen LogP contribution in [-0.4, -0.2) is 35.0 Å². The Kier molecular flexibility index (Phi) is 5.56. The molecule has 3 N–H and O–H groups in total. The molecule has 0 radical (unpaired) electrons. The molecule has 2 aromatic rings. The van der Waals surface area contributed by atoms with E-state index in [0.29, 0.717) is 17.5 Å². The van der Waals surface area contributed by atoms with Crippen LogP contribution in [0, 0.1) is 5.41 Å². The van der Waals surface area contributed by atoms with Crippen molar-refractivity contribution < 1.29 is 4.79 Å². The van der Waals surface area contributed by atoms with Crippen LogP contribution in [0.5, 0.6) is 0 Å². The molecule has 0 bridgehead atoms. The number of hydrogen-bond donors (Lipinski definition) is 2. The molecule has 3 rings (SSSR count). The van der Waals surface area contributed by atoms with Gasteiger partial charge in [-0.15, -0.1) is 0 Å². The van der Waals surface area contributed by atoms with Gasteiger partial charge >= 0.3 is 0 Å². The Morgan fingerprint density at radius 1 is 1.12 bits per heavy atom. The molecular formula is C20H24N4O. The molecule has 0 unspecified atom stereocenters. The first kappa shape index (κ1) is 17.3. The number of aldehydes is 1. The first-order valence-electron chi connectivity index (χ1n) is 8.77. The van der Waals surface area contributed by atoms with E-state index in [-0.39, 0.29) is 5.71 Å². The zero-order chi connectivity index (χ0) is 17.6. The van der Waals surface area contributed by atoms with Crippen molar-refractivity contribution in [2.24, 2.45) is 0 Å². The lowest BCUT2D eigenvalue weighted by molar-refractivity contribution is -0.102. The maximum Gasteiger partial charge on any atom is 0.168 e. The standard InChI is InChI=1S/C20H24N4O/c21-19-6-5-16(10-18(19)20(22)14-25)17-9-15(11-23-12-17)13-24-7-3-1-2-4-8-24/h5-6,9-12,14,22H,1-4,7-8,13,21H2. The van der Waals surface area contributed by atoms with Gasteiger partial charge < -0.3 is 5.73 Å². The fourth-order valence-corrected chi connectivity index (χ4v) is 3.32. The van der Waals surface area contributed by atoms with Gasteiger partial charge in [0, 0.05) is 35.8 Å². The number of aromatic nitrogens is 1. The Balaban J connectivity index is 1.83.